The van der Waals surface area contributed by atoms with Crippen molar-refractivity contribution in [1.82, 2.24) is 4.90 Å². The fraction of sp³-hybridized carbons (Fsp3) is 0.500. The summed E-state index contributed by atoms with van der Waals surface area (Å²) in [4.78, 5) is 25.8. The normalized spacial score (nSPS) is 16.4. The highest BCUT2D eigenvalue weighted by molar-refractivity contribution is 6.04. The first kappa shape index (κ1) is 14.7. The predicted molar refractivity (Wildman–Crippen MR) is 80.0 cm³/mol. The Morgan fingerprint density at radius 1 is 1.10 bits per heavy atom. The van der Waals surface area contributed by atoms with Crippen LogP contribution in [0.25, 0.3) is 0 Å². The van der Waals surface area contributed by atoms with Crippen LogP contribution in [-0.4, -0.2) is 36.2 Å². The number of nitrogens with one attached hydrogen (secondary N) is 1. The lowest BCUT2D eigenvalue weighted by molar-refractivity contribution is -0.117. The van der Waals surface area contributed by atoms with Crippen molar-refractivity contribution >= 4 is 17.4 Å². The van der Waals surface area contributed by atoms with E-state index in [0.717, 1.165) is 25.9 Å². The zero-order valence-electron chi connectivity index (χ0n) is 12.0. The summed E-state index contributed by atoms with van der Waals surface area (Å²) in [7, 11) is 0. The van der Waals surface area contributed by atoms with Gasteiger partial charge in [-0.3, -0.25) is 14.5 Å². The molecule has 1 N–H and O–H groups in total. The van der Waals surface area contributed by atoms with E-state index in [4.69, 9.17) is 0 Å². The lowest BCUT2D eigenvalue weighted by atomic mass is 10.1. The number of ketones is 1. The summed E-state index contributed by atoms with van der Waals surface area (Å²) in [6.45, 7) is 3.90. The molecule has 4 heteroatoms. The molecule has 1 fully saturated rings. The Morgan fingerprint density at radius 2 is 1.75 bits per heavy atom. The number of Topliss-reactive ketones (excluding diaryl/α,β-unsaturated/α-hetero) is 1. The van der Waals surface area contributed by atoms with Crippen LogP contribution in [0.4, 0.5) is 5.69 Å². The zero-order valence-corrected chi connectivity index (χ0v) is 12.0. The van der Waals surface area contributed by atoms with Crippen molar-refractivity contribution in [3.63, 3.8) is 0 Å². The Balaban J connectivity index is 1.95. The van der Waals surface area contributed by atoms with Crippen LogP contribution in [0.2, 0.25) is 0 Å². The Morgan fingerprint density at radius 3 is 2.40 bits per heavy atom. The zero-order chi connectivity index (χ0) is 14.4. The van der Waals surface area contributed by atoms with Gasteiger partial charge in [-0.15, -0.1) is 0 Å². The highest BCUT2D eigenvalue weighted by Gasteiger charge is 2.14. The van der Waals surface area contributed by atoms with Crippen molar-refractivity contribution in [1.29, 1.82) is 0 Å². The van der Waals surface area contributed by atoms with Crippen molar-refractivity contribution in [2.24, 2.45) is 0 Å². The van der Waals surface area contributed by atoms with E-state index in [-0.39, 0.29) is 11.7 Å². The number of nitrogens with zero attached hydrogens (tertiary/aromatic N) is 1. The molecular weight excluding hydrogens is 252 g/mol. The van der Waals surface area contributed by atoms with Gasteiger partial charge in [-0.1, -0.05) is 25.0 Å². The van der Waals surface area contributed by atoms with Crippen molar-refractivity contribution in [3.05, 3.63) is 29.8 Å². The van der Waals surface area contributed by atoms with Crippen LogP contribution in [0.5, 0.6) is 0 Å². The molecule has 108 valence electrons. The largest absolute Gasteiger partial charge is 0.324 e. The van der Waals surface area contributed by atoms with Crippen molar-refractivity contribution in [3.8, 4) is 0 Å². The van der Waals surface area contributed by atoms with Gasteiger partial charge in [-0.2, -0.15) is 0 Å². The molecule has 1 aromatic rings. The number of benzene rings is 1. The molecule has 0 saturated carbocycles. The van der Waals surface area contributed by atoms with Crippen molar-refractivity contribution in [2.75, 3.05) is 25.0 Å². The summed E-state index contributed by atoms with van der Waals surface area (Å²) in [5, 5.41) is 2.86. The van der Waals surface area contributed by atoms with Crippen LogP contribution < -0.4 is 5.32 Å². The van der Waals surface area contributed by atoms with Gasteiger partial charge in [0, 0.05) is 5.56 Å². The molecule has 0 spiro atoms. The van der Waals surface area contributed by atoms with E-state index >= 15 is 0 Å². The van der Waals surface area contributed by atoms with Crippen LogP contribution in [-0.2, 0) is 4.79 Å². The maximum atomic E-state index is 12.1. The highest BCUT2D eigenvalue weighted by Crippen LogP contribution is 2.16. The smallest absolute Gasteiger partial charge is 0.238 e. The number of anilines is 1. The van der Waals surface area contributed by atoms with Gasteiger partial charge in [-0.05, 0) is 45.0 Å². The summed E-state index contributed by atoms with van der Waals surface area (Å²) in [5.41, 5.74) is 1.18. The Hall–Kier alpha value is -1.68. The second-order valence-electron chi connectivity index (χ2n) is 5.34. The molecule has 4 nitrogen and oxygen atoms in total. The van der Waals surface area contributed by atoms with Crippen LogP contribution >= 0.6 is 0 Å². The second-order valence-corrected chi connectivity index (χ2v) is 5.34. The number of rotatable bonds is 4. The third-order valence-corrected chi connectivity index (χ3v) is 3.65. The molecule has 1 amide bonds. The summed E-state index contributed by atoms with van der Waals surface area (Å²) >= 11 is 0. The molecule has 0 bridgehead atoms. The Labute approximate surface area is 120 Å². The van der Waals surface area contributed by atoms with E-state index in [9.17, 15) is 9.59 Å². The van der Waals surface area contributed by atoms with E-state index in [1.807, 2.05) is 6.07 Å². The molecule has 1 aromatic carbocycles. The van der Waals surface area contributed by atoms with Crippen molar-refractivity contribution in [2.45, 2.75) is 32.6 Å². The maximum absolute atomic E-state index is 12.1. The Bertz CT molecular complexity index is 477. The van der Waals surface area contributed by atoms with Gasteiger partial charge >= 0.3 is 0 Å². The van der Waals surface area contributed by atoms with Gasteiger partial charge in [0.15, 0.2) is 5.78 Å². The fourth-order valence-electron chi connectivity index (χ4n) is 2.59. The topological polar surface area (TPSA) is 49.4 Å². The molecule has 0 unspecified atom stereocenters. The van der Waals surface area contributed by atoms with E-state index in [2.05, 4.69) is 10.2 Å². The molecule has 1 aliphatic heterocycles. The van der Waals surface area contributed by atoms with Gasteiger partial charge in [0.05, 0.1) is 12.2 Å². The number of hydrogen-bond acceptors (Lipinski definition) is 3. The molecule has 0 aromatic heterocycles. The van der Waals surface area contributed by atoms with Crippen LogP contribution in [0.15, 0.2) is 24.3 Å². The van der Waals surface area contributed by atoms with Gasteiger partial charge in [0.1, 0.15) is 0 Å². The number of carbonyl (C=O) groups is 2. The number of amides is 1. The third-order valence-electron chi connectivity index (χ3n) is 3.65. The van der Waals surface area contributed by atoms with Gasteiger partial charge in [0.2, 0.25) is 5.91 Å². The molecule has 20 heavy (non-hydrogen) atoms. The monoisotopic (exact) mass is 274 g/mol. The first-order chi connectivity index (χ1) is 9.66. The Kier molecular flexibility index (Phi) is 5.30. The van der Waals surface area contributed by atoms with Gasteiger partial charge < -0.3 is 5.32 Å². The lowest BCUT2D eigenvalue weighted by Gasteiger charge is -2.19. The SMILES string of the molecule is CC(=O)c1ccccc1NC(=O)CN1CCCCCC1. The number of hydrogen-bond donors (Lipinski definition) is 1. The standard InChI is InChI=1S/C16H22N2O2/c1-13(19)14-8-4-5-9-15(14)17-16(20)12-18-10-6-2-3-7-11-18/h4-5,8-9H,2-3,6-7,10-12H2,1H3,(H,17,20). The average Bonchev–Trinajstić information content (AvgIpc) is 2.67. The van der Waals surface area contributed by atoms with Crippen LogP contribution in [0.3, 0.4) is 0 Å². The van der Waals surface area contributed by atoms with Gasteiger partial charge in [0.25, 0.3) is 0 Å². The fourth-order valence-corrected chi connectivity index (χ4v) is 2.59. The molecular formula is C16H22N2O2. The average molecular weight is 274 g/mol. The maximum Gasteiger partial charge on any atom is 0.238 e. The van der Waals surface area contributed by atoms with E-state index in [0.29, 0.717) is 17.8 Å². The minimum Gasteiger partial charge on any atom is -0.324 e. The van der Waals surface area contributed by atoms with Crippen LogP contribution in [0.1, 0.15) is 43.0 Å². The van der Waals surface area contributed by atoms with E-state index in [1.165, 1.54) is 19.8 Å². The minimum absolute atomic E-state index is 0.0318. The third kappa shape index (κ3) is 4.17. The van der Waals surface area contributed by atoms with Crippen LogP contribution in [0, 0.1) is 0 Å². The van der Waals surface area contributed by atoms with Crippen molar-refractivity contribution < 1.29 is 9.59 Å². The number of para-hydroxylation sites is 1. The first-order valence-electron chi connectivity index (χ1n) is 7.29. The predicted octanol–water partition coefficient (Wildman–Crippen LogP) is 2.70. The summed E-state index contributed by atoms with van der Waals surface area (Å²) < 4.78 is 0. The quantitative estimate of drug-likeness (QED) is 0.859. The molecule has 1 aliphatic rings. The molecule has 2 rings (SSSR count). The number of likely N-dealkylation sites (tertiary alicyclic amines) is 1. The summed E-state index contributed by atoms with van der Waals surface area (Å²) in [5.74, 6) is -0.0729. The first-order valence-corrected chi connectivity index (χ1v) is 7.29. The molecule has 0 aliphatic carbocycles. The molecule has 1 heterocycles. The molecule has 1 saturated heterocycles. The second kappa shape index (κ2) is 7.20. The highest BCUT2D eigenvalue weighted by atomic mass is 16.2. The summed E-state index contributed by atoms with van der Waals surface area (Å²) in [6, 6.07) is 7.15. The van der Waals surface area contributed by atoms with E-state index < -0.39 is 0 Å². The summed E-state index contributed by atoms with van der Waals surface area (Å²) in [6.07, 6.45) is 4.84. The van der Waals surface area contributed by atoms with Gasteiger partial charge in [-0.25, -0.2) is 0 Å². The lowest BCUT2D eigenvalue weighted by Crippen LogP contribution is -2.34. The minimum atomic E-state index is -0.0411. The number of carbonyl (C=O) groups excluding carboxylic acids is 2. The van der Waals surface area contributed by atoms with E-state index in [1.54, 1.807) is 18.2 Å². The molecule has 0 atom stereocenters. The molecule has 0 radical (unpaired) electrons.